The first-order valence-electron chi connectivity index (χ1n) is 11.6. The van der Waals surface area contributed by atoms with Crippen molar-refractivity contribution in [3.8, 4) is 0 Å². The van der Waals surface area contributed by atoms with E-state index >= 15 is 4.39 Å². The van der Waals surface area contributed by atoms with Crippen LogP contribution in [-0.4, -0.2) is 56.5 Å². The molecule has 0 fully saturated rings. The van der Waals surface area contributed by atoms with Crippen LogP contribution in [-0.2, 0) is 16.0 Å². The summed E-state index contributed by atoms with van der Waals surface area (Å²) in [5, 5.41) is 6.47. The van der Waals surface area contributed by atoms with Gasteiger partial charge in [0.25, 0.3) is 0 Å². The van der Waals surface area contributed by atoms with Crippen LogP contribution in [0, 0.1) is 5.92 Å². The highest BCUT2D eigenvalue weighted by Gasteiger charge is 2.32. The van der Waals surface area contributed by atoms with E-state index in [2.05, 4.69) is 15.6 Å². The smallest absolute Gasteiger partial charge is 0.248 e. The molecule has 0 spiro atoms. The first-order chi connectivity index (χ1) is 16.5. The number of likely N-dealkylation sites (N-methyl/N-ethyl adjacent to an activating group) is 1. The van der Waals surface area contributed by atoms with Crippen LogP contribution in [0.5, 0.6) is 0 Å². The summed E-state index contributed by atoms with van der Waals surface area (Å²) in [6.45, 7) is 6.10. The zero-order valence-corrected chi connectivity index (χ0v) is 21.2. The van der Waals surface area contributed by atoms with Crippen LogP contribution in [0.1, 0.15) is 44.7 Å². The van der Waals surface area contributed by atoms with Gasteiger partial charge in [-0.2, -0.15) is 0 Å². The van der Waals surface area contributed by atoms with E-state index < -0.39 is 24.3 Å². The molecule has 0 aliphatic carbocycles. The Hall–Kier alpha value is -3.17. The molecule has 1 amide bonds. The summed E-state index contributed by atoms with van der Waals surface area (Å²) in [6, 6.07) is 5.16. The van der Waals surface area contributed by atoms with E-state index in [4.69, 9.17) is 10.5 Å². The number of rotatable bonds is 11. The molecule has 1 aliphatic heterocycles. The maximum absolute atomic E-state index is 15.0. The number of carbonyl (C=O) groups excluding carboxylic acids is 1. The monoisotopic (exact) mass is 495 g/mol. The molecule has 2 atom stereocenters. The Kier molecular flexibility index (Phi) is 10.0. The highest BCUT2D eigenvalue weighted by molar-refractivity contribution is 5.97. The standard InChI is InChI=1S/C25H36F3N5O2/c1-7-20(14(2)3)32-24-19(26)13-18(22(29)34)23(33(24)5)31-16-10-8-15(9-11-21(27)28)17(12-16)25(30-4)35-6/h8,10,12-14,20-21,23,31-32H,7,9,11H2,1-6H3,(H2,29,34)/t20-,23?/m1/s1. The van der Waals surface area contributed by atoms with Gasteiger partial charge in [-0.1, -0.05) is 26.8 Å². The number of nitrogens with zero attached hydrogens (tertiary/aromatic N) is 2. The van der Waals surface area contributed by atoms with Crippen LogP contribution in [0.25, 0.3) is 0 Å². The van der Waals surface area contributed by atoms with Gasteiger partial charge in [-0.05, 0) is 42.5 Å². The number of aryl methyl sites for hydroxylation is 1. The molecule has 4 N–H and O–H groups in total. The van der Waals surface area contributed by atoms with Gasteiger partial charge < -0.3 is 26.0 Å². The number of amides is 1. The van der Waals surface area contributed by atoms with Crippen molar-refractivity contribution in [2.75, 3.05) is 26.5 Å². The van der Waals surface area contributed by atoms with Crippen LogP contribution in [0.3, 0.4) is 0 Å². The first-order valence-corrected chi connectivity index (χ1v) is 11.6. The predicted octanol–water partition coefficient (Wildman–Crippen LogP) is 4.17. The van der Waals surface area contributed by atoms with Gasteiger partial charge in [-0.25, -0.2) is 13.2 Å². The minimum absolute atomic E-state index is 0.0214. The maximum Gasteiger partial charge on any atom is 0.248 e. The fourth-order valence-corrected chi connectivity index (χ4v) is 4.08. The van der Waals surface area contributed by atoms with E-state index in [0.29, 0.717) is 16.8 Å². The molecule has 0 bridgehead atoms. The molecule has 2 rings (SSSR count). The molecule has 10 heteroatoms. The van der Waals surface area contributed by atoms with Crippen LogP contribution in [0.2, 0.25) is 0 Å². The fourth-order valence-electron chi connectivity index (χ4n) is 4.08. The zero-order valence-electron chi connectivity index (χ0n) is 21.2. The summed E-state index contributed by atoms with van der Waals surface area (Å²) in [5.41, 5.74) is 7.38. The summed E-state index contributed by atoms with van der Waals surface area (Å²) in [5.74, 6) is -0.556. The summed E-state index contributed by atoms with van der Waals surface area (Å²) >= 11 is 0. The molecule has 1 aliphatic rings. The summed E-state index contributed by atoms with van der Waals surface area (Å²) in [6.07, 6.45) is -1.44. The molecule has 0 saturated heterocycles. The quantitative estimate of drug-likeness (QED) is 0.317. The molecule has 1 unspecified atom stereocenters. The summed E-state index contributed by atoms with van der Waals surface area (Å²) in [4.78, 5) is 17.9. The van der Waals surface area contributed by atoms with Gasteiger partial charge in [-0.15, -0.1) is 0 Å². The van der Waals surface area contributed by atoms with E-state index in [1.807, 2.05) is 20.8 Å². The van der Waals surface area contributed by atoms with Gasteiger partial charge >= 0.3 is 0 Å². The molecular formula is C25H36F3N5O2. The van der Waals surface area contributed by atoms with Gasteiger partial charge in [0.1, 0.15) is 12.0 Å². The number of ether oxygens (including phenoxy) is 1. The molecule has 1 heterocycles. The third-order valence-electron chi connectivity index (χ3n) is 6.07. The van der Waals surface area contributed by atoms with Crippen molar-refractivity contribution in [1.82, 2.24) is 10.2 Å². The largest absolute Gasteiger partial charge is 0.481 e. The van der Waals surface area contributed by atoms with Crippen LogP contribution in [0.4, 0.5) is 18.9 Å². The molecule has 7 nitrogen and oxygen atoms in total. The number of nitrogens with one attached hydrogen (secondary N) is 2. The Bertz CT molecular complexity index is 991. The van der Waals surface area contributed by atoms with Crippen LogP contribution < -0.4 is 16.4 Å². The van der Waals surface area contributed by atoms with Gasteiger partial charge in [0, 0.05) is 37.8 Å². The van der Waals surface area contributed by atoms with Gasteiger partial charge in [0.05, 0.1) is 12.7 Å². The molecule has 0 aromatic heterocycles. The number of hydrogen-bond acceptors (Lipinski definition) is 6. The molecule has 0 radical (unpaired) electrons. The van der Waals surface area contributed by atoms with Crippen molar-refractivity contribution in [3.05, 3.63) is 52.6 Å². The molecular weight excluding hydrogens is 459 g/mol. The molecule has 194 valence electrons. The second kappa shape index (κ2) is 12.5. The first kappa shape index (κ1) is 28.1. The average Bonchev–Trinajstić information content (AvgIpc) is 2.80. The SMILES string of the molecule is CC[C@@H](NC1=C(F)C=C(C(N)=O)C(Nc2ccc(CCC(F)F)c(C(=NC)OC)c2)N1C)C(C)C. The van der Waals surface area contributed by atoms with Crippen molar-refractivity contribution in [1.29, 1.82) is 0 Å². The van der Waals surface area contributed by atoms with E-state index in [1.54, 1.807) is 37.2 Å². The third-order valence-corrected chi connectivity index (χ3v) is 6.07. The number of methoxy groups -OCH3 is 1. The van der Waals surface area contributed by atoms with Gasteiger partial charge in [0.15, 0.2) is 5.83 Å². The lowest BCUT2D eigenvalue weighted by atomic mass is 10.00. The van der Waals surface area contributed by atoms with E-state index in [0.717, 1.165) is 12.5 Å². The highest BCUT2D eigenvalue weighted by atomic mass is 19.3. The van der Waals surface area contributed by atoms with Crippen molar-refractivity contribution >= 4 is 17.5 Å². The fraction of sp³-hybridized carbons (Fsp3) is 0.520. The average molecular weight is 496 g/mol. The second-order valence-corrected chi connectivity index (χ2v) is 8.76. The predicted molar refractivity (Wildman–Crippen MR) is 133 cm³/mol. The van der Waals surface area contributed by atoms with Crippen molar-refractivity contribution in [3.63, 3.8) is 0 Å². The molecule has 1 aromatic rings. The maximum atomic E-state index is 15.0. The molecule has 1 aromatic carbocycles. The van der Waals surface area contributed by atoms with Gasteiger partial charge in [0.2, 0.25) is 18.2 Å². The summed E-state index contributed by atoms with van der Waals surface area (Å²) in [7, 11) is 4.66. The lowest BCUT2D eigenvalue weighted by Crippen LogP contribution is -2.50. The number of allylic oxidation sites excluding steroid dienone is 2. The lowest BCUT2D eigenvalue weighted by molar-refractivity contribution is -0.115. The number of halogens is 3. The molecule has 0 saturated carbocycles. The van der Waals surface area contributed by atoms with E-state index in [9.17, 15) is 13.6 Å². The van der Waals surface area contributed by atoms with Crippen molar-refractivity contribution in [2.24, 2.45) is 16.6 Å². The van der Waals surface area contributed by atoms with E-state index in [-0.39, 0.29) is 42.1 Å². The number of hydrogen-bond donors (Lipinski definition) is 3. The Morgan fingerprint density at radius 2 is 2.00 bits per heavy atom. The molecule has 35 heavy (non-hydrogen) atoms. The minimum Gasteiger partial charge on any atom is -0.481 e. The Balaban J connectivity index is 2.45. The minimum atomic E-state index is -2.44. The lowest BCUT2D eigenvalue weighted by Gasteiger charge is -2.39. The van der Waals surface area contributed by atoms with E-state index in [1.165, 1.54) is 7.11 Å². The third kappa shape index (κ3) is 6.93. The second-order valence-electron chi connectivity index (χ2n) is 8.76. The number of nitrogens with two attached hydrogens (primary N) is 1. The topological polar surface area (TPSA) is 92.0 Å². The van der Waals surface area contributed by atoms with Crippen molar-refractivity contribution in [2.45, 2.75) is 58.7 Å². The Morgan fingerprint density at radius 3 is 2.51 bits per heavy atom. The normalized spacial score (nSPS) is 17.6. The number of primary amides is 1. The zero-order chi connectivity index (χ0) is 26.3. The Morgan fingerprint density at radius 1 is 1.31 bits per heavy atom. The van der Waals surface area contributed by atoms with Crippen LogP contribution in [0.15, 0.2) is 46.5 Å². The number of anilines is 1. The number of benzene rings is 1. The van der Waals surface area contributed by atoms with Crippen molar-refractivity contribution < 1.29 is 22.7 Å². The van der Waals surface area contributed by atoms with Gasteiger partial charge in [-0.3, -0.25) is 9.79 Å². The van der Waals surface area contributed by atoms with Crippen LogP contribution >= 0.6 is 0 Å². The Labute approximate surface area is 205 Å². The highest BCUT2D eigenvalue weighted by Crippen LogP contribution is 2.28. The summed E-state index contributed by atoms with van der Waals surface area (Å²) < 4.78 is 46.0. The number of alkyl halides is 2. The number of carbonyl (C=O) groups is 1. The number of aliphatic imine (C=N–C) groups is 1.